The molecule has 0 saturated heterocycles. The van der Waals surface area contributed by atoms with Crippen molar-refractivity contribution in [3.8, 4) is 5.75 Å². The average Bonchev–Trinajstić information content (AvgIpc) is 2.88. The van der Waals surface area contributed by atoms with Gasteiger partial charge in [-0.05, 0) is 35.7 Å². The molecular weight excluding hydrogens is 446 g/mol. The van der Waals surface area contributed by atoms with Gasteiger partial charge in [0.15, 0.2) is 0 Å². The quantitative estimate of drug-likeness (QED) is 0.318. The number of carbonyl (C=O) groups excluding carboxylic acids is 3. The topological polar surface area (TPSA) is 117 Å². The number of amides is 3. The largest absolute Gasteiger partial charge is 0.508 e. The maximum absolute atomic E-state index is 12.8. The van der Waals surface area contributed by atoms with Gasteiger partial charge in [-0.3, -0.25) is 9.59 Å². The molecule has 3 aromatic carbocycles. The molecule has 182 valence electrons. The van der Waals surface area contributed by atoms with Crippen molar-refractivity contribution in [3.63, 3.8) is 0 Å². The molecule has 0 aliphatic rings. The van der Waals surface area contributed by atoms with Crippen molar-refractivity contribution in [2.24, 2.45) is 0 Å². The molecule has 4 N–H and O–H groups in total. The Morgan fingerprint density at radius 2 is 1.46 bits per heavy atom. The number of aromatic hydroxyl groups is 1. The summed E-state index contributed by atoms with van der Waals surface area (Å²) in [4.78, 5) is 37.3. The van der Waals surface area contributed by atoms with Gasteiger partial charge in [-0.15, -0.1) is 0 Å². The smallest absolute Gasteiger partial charge is 0.408 e. The minimum atomic E-state index is -0.817. The Morgan fingerprint density at radius 3 is 2.14 bits per heavy atom. The molecule has 35 heavy (non-hydrogen) atoms. The van der Waals surface area contributed by atoms with Crippen molar-refractivity contribution in [2.75, 3.05) is 13.1 Å². The van der Waals surface area contributed by atoms with E-state index in [0.29, 0.717) is 31.5 Å². The van der Waals surface area contributed by atoms with Gasteiger partial charge in [0.05, 0.1) is 0 Å². The summed E-state index contributed by atoms with van der Waals surface area (Å²) in [5, 5.41) is 17.7. The zero-order chi connectivity index (χ0) is 24.9. The van der Waals surface area contributed by atoms with Crippen LogP contribution in [0.5, 0.6) is 5.75 Å². The summed E-state index contributed by atoms with van der Waals surface area (Å²) in [6.45, 7) is 0.751. The number of phenols is 1. The molecule has 1 unspecified atom stereocenters. The van der Waals surface area contributed by atoms with Crippen LogP contribution in [0.4, 0.5) is 4.79 Å². The first kappa shape index (κ1) is 25.3. The Labute approximate surface area is 204 Å². The second kappa shape index (κ2) is 13.4. The summed E-state index contributed by atoms with van der Waals surface area (Å²) in [6, 6.07) is 23.9. The number of nitrogens with one attached hydrogen (secondary N) is 3. The van der Waals surface area contributed by atoms with Crippen LogP contribution in [-0.4, -0.2) is 42.1 Å². The summed E-state index contributed by atoms with van der Waals surface area (Å²) >= 11 is 0. The third-order valence-electron chi connectivity index (χ3n) is 5.15. The van der Waals surface area contributed by atoms with Crippen LogP contribution >= 0.6 is 0 Å². The third-order valence-corrected chi connectivity index (χ3v) is 5.15. The number of carbonyl (C=O) groups is 3. The summed E-state index contributed by atoms with van der Waals surface area (Å²) in [6.07, 6.45) is 0.122. The van der Waals surface area contributed by atoms with Crippen molar-refractivity contribution in [1.29, 1.82) is 0 Å². The molecule has 3 rings (SSSR count). The monoisotopic (exact) mass is 475 g/mol. The molecule has 0 radical (unpaired) electrons. The van der Waals surface area contributed by atoms with E-state index in [2.05, 4.69) is 16.0 Å². The Balaban J connectivity index is 1.47. The highest BCUT2D eigenvalue weighted by atomic mass is 16.5. The van der Waals surface area contributed by atoms with Crippen molar-refractivity contribution >= 4 is 17.9 Å². The number of phenolic OH excluding ortho intramolecular Hbond substituents is 1. The van der Waals surface area contributed by atoms with Gasteiger partial charge in [-0.25, -0.2) is 4.79 Å². The lowest BCUT2D eigenvalue weighted by Crippen LogP contribution is -2.48. The lowest BCUT2D eigenvalue weighted by atomic mass is 10.1. The summed E-state index contributed by atoms with van der Waals surface area (Å²) < 4.78 is 5.27. The standard InChI is InChI=1S/C27H29N3O5/c31-23-14-7-13-22(18-23)25(32)28-15-8-16-29-26(33)24(17-20-9-3-1-4-10-20)30-27(34)35-19-21-11-5-2-6-12-21/h1-7,9-14,18,24,31H,8,15-17,19H2,(H,28,32)(H,29,33)(H,30,34). The molecule has 0 aliphatic heterocycles. The molecule has 3 aromatic rings. The van der Waals surface area contributed by atoms with E-state index in [4.69, 9.17) is 4.74 Å². The molecule has 0 spiro atoms. The minimum absolute atomic E-state index is 0.0177. The number of hydrogen-bond acceptors (Lipinski definition) is 5. The Hall–Kier alpha value is -4.33. The molecular formula is C27H29N3O5. The molecule has 0 bridgehead atoms. The number of hydrogen-bond donors (Lipinski definition) is 4. The van der Waals surface area contributed by atoms with Gasteiger partial charge in [-0.1, -0.05) is 66.7 Å². The lowest BCUT2D eigenvalue weighted by molar-refractivity contribution is -0.123. The normalized spacial score (nSPS) is 11.2. The first-order valence-electron chi connectivity index (χ1n) is 11.4. The van der Waals surface area contributed by atoms with E-state index in [1.54, 1.807) is 12.1 Å². The highest BCUT2D eigenvalue weighted by molar-refractivity contribution is 5.94. The third kappa shape index (κ3) is 8.85. The number of ether oxygens (including phenoxy) is 1. The Bertz CT molecular complexity index is 1110. The van der Waals surface area contributed by atoms with Crippen LogP contribution in [0.25, 0.3) is 0 Å². The maximum atomic E-state index is 12.8. The van der Waals surface area contributed by atoms with Crippen LogP contribution in [0.2, 0.25) is 0 Å². The van der Waals surface area contributed by atoms with Crippen LogP contribution < -0.4 is 16.0 Å². The predicted octanol–water partition coefficient (Wildman–Crippen LogP) is 3.17. The number of benzene rings is 3. The van der Waals surface area contributed by atoms with E-state index < -0.39 is 12.1 Å². The van der Waals surface area contributed by atoms with E-state index in [9.17, 15) is 19.5 Å². The second-order valence-corrected chi connectivity index (χ2v) is 7.90. The van der Waals surface area contributed by atoms with E-state index in [0.717, 1.165) is 11.1 Å². The van der Waals surface area contributed by atoms with Crippen molar-refractivity contribution in [2.45, 2.75) is 25.5 Å². The zero-order valence-corrected chi connectivity index (χ0v) is 19.3. The molecule has 8 nitrogen and oxygen atoms in total. The Kier molecular flexibility index (Phi) is 9.68. The minimum Gasteiger partial charge on any atom is -0.508 e. The van der Waals surface area contributed by atoms with Gasteiger partial charge in [-0.2, -0.15) is 0 Å². The van der Waals surface area contributed by atoms with Crippen LogP contribution in [0.15, 0.2) is 84.9 Å². The van der Waals surface area contributed by atoms with Crippen LogP contribution in [0, 0.1) is 0 Å². The molecule has 0 saturated carbocycles. The second-order valence-electron chi connectivity index (χ2n) is 7.90. The van der Waals surface area contributed by atoms with Crippen LogP contribution in [-0.2, 0) is 22.6 Å². The number of rotatable bonds is 11. The molecule has 0 aromatic heterocycles. The highest BCUT2D eigenvalue weighted by Gasteiger charge is 2.21. The SMILES string of the molecule is O=C(NC(Cc1ccccc1)C(=O)NCCCNC(=O)c1cccc(O)c1)OCc1ccccc1. The Morgan fingerprint density at radius 1 is 0.800 bits per heavy atom. The molecule has 3 amide bonds. The fraction of sp³-hybridized carbons (Fsp3) is 0.222. The summed E-state index contributed by atoms with van der Waals surface area (Å²) in [5.74, 6) is -0.633. The summed E-state index contributed by atoms with van der Waals surface area (Å²) in [7, 11) is 0. The molecule has 0 aliphatic carbocycles. The van der Waals surface area contributed by atoms with Gasteiger partial charge in [0.1, 0.15) is 18.4 Å². The fourth-order valence-electron chi connectivity index (χ4n) is 3.34. The predicted molar refractivity (Wildman–Crippen MR) is 132 cm³/mol. The van der Waals surface area contributed by atoms with Crippen molar-refractivity contribution in [3.05, 3.63) is 102 Å². The molecule has 1 atom stereocenters. The zero-order valence-electron chi connectivity index (χ0n) is 19.3. The van der Waals surface area contributed by atoms with E-state index in [-0.39, 0.29) is 24.2 Å². The molecule has 0 heterocycles. The van der Waals surface area contributed by atoms with E-state index >= 15 is 0 Å². The van der Waals surface area contributed by atoms with Gasteiger partial charge >= 0.3 is 6.09 Å². The average molecular weight is 476 g/mol. The van der Waals surface area contributed by atoms with Gasteiger partial charge in [0.25, 0.3) is 5.91 Å². The van der Waals surface area contributed by atoms with E-state index in [1.807, 2.05) is 60.7 Å². The summed E-state index contributed by atoms with van der Waals surface area (Å²) in [5.41, 5.74) is 2.10. The van der Waals surface area contributed by atoms with Gasteiger partial charge in [0, 0.05) is 25.1 Å². The molecule has 0 fully saturated rings. The lowest BCUT2D eigenvalue weighted by Gasteiger charge is -2.19. The van der Waals surface area contributed by atoms with Gasteiger partial charge < -0.3 is 25.8 Å². The molecule has 8 heteroatoms. The highest BCUT2D eigenvalue weighted by Crippen LogP contribution is 2.10. The van der Waals surface area contributed by atoms with E-state index in [1.165, 1.54) is 12.1 Å². The number of alkyl carbamates (subject to hydrolysis) is 1. The van der Waals surface area contributed by atoms with Crippen molar-refractivity contribution < 1.29 is 24.2 Å². The first-order valence-corrected chi connectivity index (χ1v) is 11.4. The van der Waals surface area contributed by atoms with Gasteiger partial charge in [0.2, 0.25) is 5.91 Å². The van der Waals surface area contributed by atoms with Crippen LogP contribution in [0.3, 0.4) is 0 Å². The van der Waals surface area contributed by atoms with Crippen molar-refractivity contribution in [1.82, 2.24) is 16.0 Å². The van der Waals surface area contributed by atoms with Crippen LogP contribution in [0.1, 0.15) is 27.9 Å². The maximum Gasteiger partial charge on any atom is 0.408 e. The fourth-order valence-corrected chi connectivity index (χ4v) is 3.34. The first-order chi connectivity index (χ1) is 17.0.